The third-order valence-electron chi connectivity index (χ3n) is 5.42. The number of carbonyl (C=O) groups is 1. The van der Waals surface area contributed by atoms with Crippen LogP contribution in [0, 0.1) is 17.2 Å². The highest BCUT2D eigenvalue weighted by Crippen LogP contribution is 2.39. The van der Waals surface area contributed by atoms with Gasteiger partial charge in [0.05, 0.1) is 11.8 Å². The molecule has 2 N–H and O–H groups in total. The predicted octanol–water partition coefficient (Wildman–Crippen LogP) is 2.09. The molecule has 2 aliphatic rings. The van der Waals surface area contributed by atoms with Crippen molar-refractivity contribution in [3.63, 3.8) is 0 Å². The Hall–Kier alpha value is -1.47. The van der Waals surface area contributed by atoms with Crippen LogP contribution < -0.4 is 10.0 Å². The molecule has 1 aliphatic heterocycles. The number of likely N-dealkylation sites (tertiary alicyclic amines) is 1. The molecule has 28 heavy (non-hydrogen) atoms. The van der Waals surface area contributed by atoms with Crippen molar-refractivity contribution in [1.82, 2.24) is 9.62 Å². The Bertz CT molecular complexity index is 872. The average Bonchev–Trinajstić information content (AvgIpc) is 2.94. The van der Waals surface area contributed by atoms with Crippen molar-refractivity contribution in [1.29, 1.82) is 5.26 Å². The normalized spacial score (nSPS) is 23.0. The van der Waals surface area contributed by atoms with Crippen molar-refractivity contribution in [2.45, 2.75) is 51.5 Å². The van der Waals surface area contributed by atoms with E-state index in [4.69, 9.17) is 0 Å². The number of carbonyl (C=O) groups excluding carboxylic acids is 1. The van der Waals surface area contributed by atoms with Crippen LogP contribution in [-0.2, 0) is 27.7 Å². The number of nitrogens with zero attached hydrogens (tertiary/aromatic N) is 2. The first kappa shape index (κ1) is 21.2. The van der Waals surface area contributed by atoms with Gasteiger partial charge in [0.1, 0.15) is 11.1 Å². The highest BCUT2D eigenvalue weighted by molar-refractivity contribution is 7.88. The largest absolute Gasteiger partial charge is 0.317 e. The maximum Gasteiger partial charge on any atom is 0.226 e. The molecule has 2 unspecified atom stereocenters. The third kappa shape index (κ3) is 5.54. The summed E-state index contributed by atoms with van der Waals surface area (Å²) in [5.74, 6) is 0.523. The molecule has 0 saturated carbocycles. The molecule has 154 valence electrons. The first-order valence-electron chi connectivity index (χ1n) is 9.79. The summed E-state index contributed by atoms with van der Waals surface area (Å²) in [6.07, 6.45) is 6.21. The lowest BCUT2D eigenvalue weighted by molar-refractivity contribution is -0.116. The minimum atomic E-state index is -3.22. The van der Waals surface area contributed by atoms with Crippen LogP contribution in [0.5, 0.6) is 0 Å². The van der Waals surface area contributed by atoms with Crippen molar-refractivity contribution >= 4 is 32.3 Å². The fourth-order valence-electron chi connectivity index (χ4n) is 4.06. The van der Waals surface area contributed by atoms with Gasteiger partial charge in [0.2, 0.25) is 15.9 Å². The zero-order valence-electron chi connectivity index (χ0n) is 16.5. The van der Waals surface area contributed by atoms with E-state index in [0.717, 1.165) is 44.2 Å². The molecule has 1 aliphatic carbocycles. The number of amides is 1. The van der Waals surface area contributed by atoms with Crippen LogP contribution >= 0.6 is 11.3 Å². The number of nitriles is 1. The van der Waals surface area contributed by atoms with Crippen LogP contribution in [0.25, 0.3) is 0 Å². The number of sulfonamides is 1. The zero-order chi connectivity index (χ0) is 20.3. The van der Waals surface area contributed by atoms with E-state index in [1.165, 1.54) is 11.1 Å². The molecule has 0 spiro atoms. The van der Waals surface area contributed by atoms with Gasteiger partial charge in [0.15, 0.2) is 0 Å². The minimum absolute atomic E-state index is 0.0944. The van der Waals surface area contributed by atoms with E-state index in [1.807, 2.05) is 0 Å². The molecule has 7 nitrogen and oxygen atoms in total. The second-order valence-corrected chi connectivity index (χ2v) is 10.9. The molecule has 0 radical (unpaired) electrons. The summed E-state index contributed by atoms with van der Waals surface area (Å²) in [5, 5.41) is 13.2. The van der Waals surface area contributed by atoms with Gasteiger partial charge in [-0.3, -0.25) is 4.79 Å². The van der Waals surface area contributed by atoms with E-state index in [-0.39, 0.29) is 11.9 Å². The fraction of sp³-hybridized carbons (Fsp3) is 0.684. The summed E-state index contributed by atoms with van der Waals surface area (Å²) in [6, 6.07) is 2.18. The quantitative estimate of drug-likeness (QED) is 0.728. The van der Waals surface area contributed by atoms with E-state index in [9.17, 15) is 18.5 Å². The van der Waals surface area contributed by atoms with Crippen molar-refractivity contribution in [2.24, 2.45) is 5.92 Å². The monoisotopic (exact) mass is 424 g/mol. The second-order valence-electron chi connectivity index (χ2n) is 8.00. The van der Waals surface area contributed by atoms with Crippen LogP contribution in [0.4, 0.5) is 5.00 Å². The number of hydrogen-bond acceptors (Lipinski definition) is 6. The molecule has 9 heteroatoms. The molecular formula is C19H28N4O3S2. The standard InChI is InChI=1S/C19H28N4O3S2/c1-13-5-6-15-16(11-20)19(27-17(15)10-13)21-18(24)7-9-23-8-3-4-14(12-23)22-28(2,25)26/h13-14,22H,3-10,12H2,1-2H3,(H,21,24). The maximum atomic E-state index is 12.5. The lowest BCUT2D eigenvalue weighted by atomic mass is 9.89. The molecule has 1 saturated heterocycles. The highest BCUT2D eigenvalue weighted by atomic mass is 32.2. The third-order valence-corrected chi connectivity index (χ3v) is 7.35. The summed E-state index contributed by atoms with van der Waals surface area (Å²) in [6.45, 7) is 4.29. The van der Waals surface area contributed by atoms with Gasteiger partial charge in [0, 0.05) is 30.4 Å². The molecule has 0 aromatic carbocycles. The highest BCUT2D eigenvalue weighted by Gasteiger charge is 2.25. The van der Waals surface area contributed by atoms with Gasteiger partial charge in [-0.1, -0.05) is 6.92 Å². The summed E-state index contributed by atoms with van der Waals surface area (Å²) in [4.78, 5) is 15.8. The number of fused-ring (bicyclic) bond motifs is 1. The number of nitrogens with one attached hydrogen (secondary N) is 2. The Morgan fingerprint density at radius 1 is 1.39 bits per heavy atom. The Kier molecular flexibility index (Phi) is 6.76. The van der Waals surface area contributed by atoms with Crippen LogP contribution in [0.15, 0.2) is 0 Å². The molecule has 2 heterocycles. The Morgan fingerprint density at radius 2 is 2.18 bits per heavy atom. The lowest BCUT2D eigenvalue weighted by Crippen LogP contribution is -2.47. The molecule has 1 aromatic heterocycles. The molecular weight excluding hydrogens is 396 g/mol. The Labute approximate surface area is 171 Å². The first-order chi connectivity index (χ1) is 13.2. The molecule has 0 bridgehead atoms. The first-order valence-corrected chi connectivity index (χ1v) is 12.5. The molecule has 1 aromatic rings. The zero-order valence-corrected chi connectivity index (χ0v) is 18.1. The minimum Gasteiger partial charge on any atom is -0.317 e. The van der Waals surface area contributed by atoms with Crippen LogP contribution in [0.1, 0.15) is 48.6 Å². The Balaban J connectivity index is 1.54. The lowest BCUT2D eigenvalue weighted by Gasteiger charge is -2.32. The number of thiophene rings is 1. The molecule has 2 atom stereocenters. The van der Waals surface area contributed by atoms with Crippen molar-refractivity contribution < 1.29 is 13.2 Å². The topological polar surface area (TPSA) is 102 Å². The van der Waals surface area contributed by atoms with Crippen LogP contribution in [0.2, 0.25) is 0 Å². The van der Waals surface area contributed by atoms with E-state index in [1.54, 1.807) is 11.3 Å². The molecule has 3 rings (SSSR count). The summed E-state index contributed by atoms with van der Waals surface area (Å²) in [5.41, 5.74) is 1.75. The summed E-state index contributed by atoms with van der Waals surface area (Å²) in [7, 11) is -3.22. The second kappa shape index (κ2) is 8.91. The van der Waals surface area contributed by atoms with Gasteiger partial charge in [-0.2, -0.15) is 5.26 Å². The summed E-state index contributed by atoms with van der Waals surface area (Å²) < 4.78 is 25.5. The Morgan fingerprint density at radius 3 is 2.89 bits per heavy atom. The number of hydrogen-bond donors (Lipinski definition) is 2. The van der Waals surface area contributed by atoms with E-state index in [0.29, 0.717) is 36.0 Å². The van der Waals surface area contributed by atoms with Gasteiger partial charge in [-0.25, -0.2) is 13.1 Å². The van der Waals surface area contributed by atoms with Crippen molar-refractivity contribution in [3.05, 3.63) is 16.0 Å². The number of rotatable bonds is 6. The van der Waals surface area contributed by atoms with Gasteiger partial charge in [-0.05, 0) is 50.1 Å². The molecule has 1 amide bonds. The SMILES string of the molecule is CC1CCc2c(sc(NC(=O)CCN3CCCC(NS(C)(=O)=O)C3)c2C#N)C1. The number of anilines is 1. The van der Waals surface area contributed by atoms with E-state index < -0.39 is 10.0 Å². The summed E-state index contributed by atoms with van der Waals surface area (Å²) >= 11 is 1.54. The van der Waals surface area contributed by atoms with Gasteiger partial charge in [0.25, 0.3) is 0 Å². The maximum absolute atomic E-state index is 12.5. The smallest absolute Gasteiger partial charge is 0.226 e. The van der Waals surface area contributed by atoms with Gasteiger partial charge >= 0.3 is 0 Å². The van der Waals surface area contributed by atoms with Crippen molar-refractivity contribution in [2.75, 3.05) is 31.2 Å². The van der Waals surface area contributed by atoms with Gasteiger partial charge in [-0.15, -0.1) is 11.3 Å². The number of piperidine rings is 1. The van der Waals surface area contributed by atoms with E-state index in [2.05, 4.69) is 27.9 Å². The van der Waals surface area contributed by atoms with Crippen LogP contribution in [0.3, 0.4) is 0 Å². The van der Waals surface area contributed by atoms with Crippen molar-refractivity contribution in [3.8, 4) is 6.07 Å². The average molecular weight is 425 g/mol. The fourth-order valence-corrected chi connectivity index (χ4v) is 6.24. The van der Waals surface area contributed by atoms with E-state index >= 15 is 0 Å². The predicted molar refractivity (Wildman–Crippen MR) is 111 cm³/mol. The van der Waals surface area contributed by atoms with Gasteiger partial charge < -0.3 is 10.2 Å². The molecule has 1 fully saturated rings. The van der Waals surface area contributed by atoms with Crippen LogP contribution in [-0.4, -0.2) is 51.2 Å².